The summed E-state index contributed by atoms with van der Waals surface area (Å²) >= 11 is 0. The minimum atomic E-state index is -0.274. The number of nitrogens with two attached hydrogens (primary N) is 1. The molecule has 0 spiro atoms. The molecule has 4 N–H and O–H groups in total. The van der Waals surface area contributed by atoms with Gasteiger partial charge in [0.25, 0.3) is 0 Å². The number of carbonyl (C=O) groups is 2. The molecular formula is C8H12N4O3. The van der Waals surface area contributed by atoms with Crippen LogP contribution in [0, 0.1) is 11.8 Å². The third-order valence-electron chi connectivity index (χ3n) is 2.83. The summed E-state index contributed by atoms with van der Waals surface area (Å²) in [6.45, 7) is 1.25. The van der Waals surface area contributed by atoms with E-state index >= 15 is 0 Å². The molecule has 2 heterocycles. The Labute approximate surface area is 85.9 Å². The predicted octanol–water partition coefficient (Wildman–Crippen LogP) is -2.06. The van der Waals surface area contributed by atoms with Gasteiger partial charge in [0.2, 0.25) is 11.8 Å². The van der Waals surface area contributed by atoms with Crippen molar-refractivity contribution in [2.75, 3.05) is 19.6 Å². The normalized spacial score (nSPS) is 31.9. The molecule has 7 heteroatoms. The fourth-order valence-corrected chi connectivity index (χ4v) is 2.11. The van der Waals surface area contributed by atoms with Crippen LogP contribution in [-0.4, -0.2) is 47.4 Å². The molecule has 82 valence electrons. The van der Waals surface area contributed by atoms with E-state index in [1.54, 1.807) is 0 Å². The first-order valence-electron chi connectivity index (χ1n) is 4.65. The third-order valence-corrected chi connectivity index (χ3v) is 2.83. The van der Waals surface area contributed by atoms with Crippen molar-refractivity contribution in [3.63, 3.8) is 0 Å². The Bertz CT molecular complexity index is 319. The lowest BCUT2D eigenvalue weighted by Crippen LogP contribution is -2.36. The number of nitrogens with one attached hydrogen (secondary N) is 1. The van der Waals surface area contributed by atoms with Gasteiger partial charge >= 0.3 is 0 Å². The van der Waals surface area contributed by atoms with Crippen LogP contribution in [0.15, 0.2) is 5.16 Å². The number of carbonyl (C=O) groups excluding carboxylic acids is 2. The topological polar surface area (TPSA) is 108 Å². The van der Waals surface area contributed by atoms with E-state index in [9.17, 15) is 9.59 Å². The van der Waals surface area contributed by atoms with Gasteiger partial charge in [-0.25, -0.2) is 0 Å². The largest absolute Gasteiger partial charge is 0.409 e. The van der Waals surface area contributed by atoms with E-state index in [0.717, 1.165) is 0 Å². The molecule has 0 aromatic rings. The summed E-state index contributed by atoms with van der Waals surface area (Å²) < 4.78 is 0. The van der Waals surface area contributed by atoms with Gasteiger partial charge < -0.3 is 10.9 Å². The van der Waals surface area contributed by atoms with Gasteiger partial charge in [0, 0.05) is 13.1 Å². The average molecular weight is 212 g/mol. The Balaban J connectivity index is 2.01. The quantitative estimate of drug-likeness (QED) is 0.160. The number of imide groups is 1. The number of rotatable bonds is 2. The van der Waals surface area contributed by atoms with E-state index in [4.69, 9.17) is 10.9 Å². The van der Waals surface area contributed by atoms with E-state index < -0.39 is 0 Å². The molecule has 2 rings (SSSR count). The number of likely N-dealkylation sites (tertiary alicyclic amines) is 1. The number of oxime groups is 1. The highest BCUT2D eigenvalue weighted by molar-refractivity contribution is 6.05. The van der Waals surface area contributed by atoms with E-state index in [1.807, 2.05) is 4.90 Å². The van der Waals surface area contributed by atoms with E-state index in [-0.39, 0.29) is 36.0 Å². The molecule has 2 fully saturated rings. The Morgan fingerprint density at radius 3 is 2.47 bits per heavy atom. The van der Waals surface area contributed by atoms with Crippen molar-refractivity contribution in [1.29, 1.82) is 0 Å². The number of amides is 2. The molecule has 0 aliphatic carbocycles. The molecule has 7 nitrogen and oxygen atoms in total. The summed E-state index contributed by atoms with van der Waals surface area (Å²) in [5.41, 5.74) is 5.35. The van der Waals surface area contributed by atoms with Crippen LogP contribution in [0.25, 0.3) is 0 Å². The number of fused-ring (bicyclic) bond motifs is 1. The summed E-state index contributed by atoms with van der Waals surface area (Å²) in [7, 11) is 0. The Kier molecular flexibility index (Phi) is 2.31. The first-order chi connectivity index (χ1) is 7.11. The SMILES string of the molecule is NC(CN1C[C@@H]2C(=O)NC(=O)[C@H]2C1)=NO. The molecule has 2 aliphatic heterocycles. The molecule has 0 aromatic carbocycles. The second-order valence-electron chi connectivity index (χ2n) is 3.85. The van der Waals surface area contributed by atoms with Crippen LogP contribution in [0.4, 0.5) is 0 Å². The zero-order valence-electron chi connectivity index (χ0n) is 8.01. The second-order valence-corrected chi connectivity index (χ2v) is 3.85. The lowest BCUT2D eigenvalue weighted by molar-refractivity contribution is -0.126. The fourth-order valence-electron chi connectivity index (χ4n) is 2.11. The summed E-state index contributed by atoms with van der Waals surface area (Å²) in [5.74, 6) is -0.894. The smallest absolute Gasteiger partial charge is 0.231 e. The van der Waals surface area contributed by atoms with E-state index in [0.29, 0.717) is 13.1 Å². The molecule has 0 aromatic heterocycles. The van der Waals surface area contributed by atoms with Gasteiger partial charge in [0.15, 0.2) is 5.84 Å². The standard InChI is InChI=1S/C8H12N4O3/c9-6(11-15)3-12-1-4-5(2-12)8(14)10-7(4)13/h4-5,15H,1-3H2,(H2,9,11)(H,10,13,14)/t4-,5-/m0/s1. The number of amidine groups is 1. The van der Waals surface area contributed by atoms with Crippen molar-refractivity contribution >= 4 is 17.6 Å². The first kappa shape index (κ1) is 9.91. The van der Waals surface area contributed by atoms with Gasteiger partial charge in [-0.05, 0) is 0 Å². The van der Waals surface area contributed by atoms with Crippen molar-refractivity contribution in [3.8, 4) is 0 Å². The summed E-state index contributed by atoms with van der Waals surface area (Å²) in [4.78, 5) is 24.4. The van der Waals surface area contributed by atoms with Crippen molar-refractivity contribution in [1.82, 2.24) is 10.2 Å². The molecule has 0 bridgehead atoms. The van der Waals surface area contributed by atoms with Crippen LogP contribution in [0.1, 0.15) is 0 Å². The van der Waals surface area contributed by atoms with Gasteiger partial charge in [-0.3, -0.25) is 19.8 Å². The third kappa shape index (κ3) is 1.65. The highest BCUT2D eigenvalue weighted by atomic mass is 16.4. The van der Waals surface area contributed by atoms with Crippen molar-refractivity contribution < 1.29 is 14.8 Å². The maximum Gasteiger partial charge on any atom is 0.231 e. The summed E-state index contributed by atoms with van der Waals surface area (Å²) in [6, 6.07) is 0. The second kappa shape index (κ2) is 3.50. The van der Waals surface area contributed by atoms with Gasteiger partial charge in [-0.2, -0.15) is 0 Å². The Hall–Kier alpha value is -1.63. The van der Waals surface area contributed by atoms with Gasteiger partial charge in [-0.1, -0.05) is 5.16 Å². The minimum absolute atomic E-state index is 0.0860. The van der Waals surface area contributed by atoms with E-state index in [2.05, 4.69) is 10.5 Å². The van der Waals surface area contributed by atoms with E-state index in [1.165, 1.54) is 0 Å². The zero-order chi connectivity index (χ0) is 11.0. The maximum atomic E-state index is 11.3. The van der Waals surface area contributed by atoms with Crippen LogP contribution in [0.3, 0.4) is 0 Å². The van der Waals surface area contributed by atoms with Crippen LogP contribution in [0.2, 0.25) is 0 Å². The van der Waals surface area contributed by atoms with Crippen LogP contribution in [-0.2, 0) is 9.59 Å². The van der Waals surface area contributed by atoms with Crippen LogP contribution in [0.5, 0.6) is 0 Å². The molecule has 15 heavy (non-hydrogen) atoms. The number of nitrogens with zero attached hydrogens (tertiary/aromatic N) is 2. The fraction of sp³-hybridized carbons (Fsp3) is 0.625. The van der Waals surface area contributed by atoms with Crippen molar-refractivity contribution in [2.45, 2.75) is 0 Å². The summed E-state index contributed by atoms with van der Waals surface area (Å²) in [5, 5.41) is 13.5. The average Bonchev–Trinajstić information content (AvgIpc) is 2.70. The van der Waals surface area contributed by atoms with Crippen molar-refractivity contribution in [3.05, 3.63) is 0 Å². The molecule has 0 unspecified atom stereocenters. The molecule has 2 atom stereocenters. The zero-order valence-corrected chi connectivity index (χ0v) is 8.01. The lowest BCUT2D eigenvalue weighted by atomic mass is 10.00. The predicted molar refractivity (Wildman–Crippen MR) is 50.0 cm³/mol. The molecule has 2 aliphatic rings. The van der Waals surface area contributed by atoms with Crippen LogP contribution < -0.4 is 11.1 Å². The van der Waals surface area contributed by atoms with Gasteiger partial charge in [-0.15, -0.1) is 0 Å². The number of hydrogen-bond donors (Lipinski definition) is 3. The molecular weight excluding hydrogens is 200 g/mol. The van der Waals surface area contributed by atoms with Gasteiger partial charge in [0.1, 0.15) is 0 Å². The van der Waals surface area contributed by atoms with Gasteiger partial charge in [0.05, 0.1) is 18.4 Å². The monoisotopic (exact) mass is 212 g/mol. The highest BCUT2D eigenvalue weighted by Gasteiger charge is 2.47. The highest BCUT2D eigenvalue weighted by Crippen LogP contribution is 2.27. The van der Waals surface area contributed by atoms with Crippen molar-refractivity contribution in [2.24, 2.45) is 22.7 Å². The number of hydrogen-bond acceptors (Lipinski definition) is 5. The Morgan fingerprint density at radius 1 is 1.47 bits per heavy atom. The first-order valence-corrected chi connectivity index (χ1v) is 4.65. The molecule has 2 amide bonds. The minimum Gasteiger partial charge on any atom is -0.409 e. The molecule has 0 radical (unpaired) electrons. The lowest BCUT2D eigenvalue weighted by Gasteiger charge is -2.14. The molecule has 0 saturated carbocycles. The molecule has 2 saturated heterocycles. The Morgan fingerprint density at radius 2 is 2.00 bits per heavy atom. The summed E-state index contributed by atoms with van der Waals surface area (Å²) in [6.07, 6.45) is 0. The maximum absolute atomic E-state index is 11.3. The van der Waals surface area contributed by atoms with Crippen LogP contribution >= 0.6 is 0 Å².